The lowest BCUT2D eigenvalue weighted by Gasteiger charge is -2.20. The van der Waals surface area contributed by atoms with Crippen LogP contribution in [-0.2, 0) is 11.8 Å². The molecule has 1 aromatic heterocycles. The van der Waals surface area contributed by atoms with Crippen molar-refractivity contribution in [2.75, 3.05) is 5.32 Å². The Labute approximate surface area is 140 Å². The molecule has 1 amide bonds. The van der Waals surface area contributed by atoms with Crippen molar-refractivity contribution >= 4 is 17.7 Å². The number of anilines is 1. The molecule has 0 radical (unpaired) electrons. The first-order chi connectivity index (χ1) is 11.1. The van der Waals surface area contributed by atoms with Crippen molar-refractivity contribution in [1.82, 2.24) is 9.78 Å². The molecule has 0 fully saturated rings. The van der Waals surface area contributed by atoms with Crippen molar-refractivity contribution in [3.05, 3.63) is 35.5 Å². The van der Waals surface area contributed by atoms with Gasteiger partial charge in [0.05, 0.1) is 5.69 Å². The predicted octanol–water partition coefficient (Wildman–Crippen LogP) is 3.44. The Balaban J connectivity index is 2.22. The minimum absolute atomic E-state index is 0.110. The molecule has 7 heteroatoms. The molecule has 2 aromatic rings. The first-order valence-corrected chi connectivity index (χ1v) is 7.45. The summed E-state index contributed by atoms with van der Waals surface area (Å²) in [4.78, 5) is 22.9. The van der Waals surface area contributed by atoms with E-state index in [2.05, 4.69) is 10.4 Å². The lowest BCUT2D eigenvalue weighted by molar-refractivity contribution is 0.0633. The highest BCUT2D eigenvalue weighted by atomic mass is 16.6. The van der Waals surface area contributed by atoms with Crippen molar-refractivity contribution in [3.8, 4) is 11.3 Å². The fraction of sp³-hybridized carbons (Fsp3) is 0.353. The van der Waals surface area contributed by atoms with E-state index >= 15 is 0 Å². The molecule has 1 aromatic carbocycles. The van der Waals surface area contributed by atoms with Crippen molar-refractivity contribution in [2.45, 2.75) is 33.3 Å². The lowest BCUT2D eigenvalue weighted by Crippen LogP contribution is -2.27. The number of carbonyl (C=O) groups is 2. The average Bonchev–Trinajstić information content (AvgIpc) is 2.81. The number of amides is 1. The zero-order valence-electron chi connectivity index (χ0n) is 14.4. The minimum atomic E-state index is -1.03. The predicted molar refractivity (Wildman–Crippen MR) is 90.2 cm³/mol. The van der Waals surface area contributed by atoms with Crippen LogP contribution in [0.3, 0.4) is 0 Å². The quantitative estimate of drug-likeness (QED) is 0.898. The number of carboxylic acids is 1. The summed E-state index contributed by atoms with van der Waals surface area (Å²) in [7, 11) is 1.58. The maximum Gasteiger partial charge on any atom is 0.412 e. The van der Waals surface area contributed by atoms with Crippen molar-refractivity contribution < 1.29 is 19.4 Å². The monoisotopic (exact) mass is 331 g/mol. The molecule has 0 saturated heterocycles. The van der Waals surface area contributed by atoms with Gasteiger partial charge in [0.25, 0.3) is 0 Å². The molecule has 0 saturated carbocycles. The van der Waals surface area contributed by atoms with Crippen molar-refractivity contribution in [3.63, 3.8) is 0 Å². The zero-order chi connectivity index (χ0) is 18.1. The molecule has 0 aliphatic rings. The van der Waals surface area contributed by atoms with Gasteiger partial charge in [0, 0.05) is 18.3 Å². The molecule has 2 N–H and O–H groups in total. The molecule has 0 unspecified atom stereocenters. The summed E-state index contributed by atoms with van der Waals surface area (Å²) in [6.45, 7) is 7.23. The van der Waals surface area contributed by atoms with Gasteiger partial charge < -0.3 is 9.84 Å². The van der Waals surface area contributed by atoms with E-state index in [1.807, 2.05) is 13.0 Å². The number of nitrogens with zero attached hydrogens (tertiary/aromatic N) is 2. The van der Waals surface area contributed by atoms with E-state index in [0.717, 1.165) is 11.1 Å². The normalized spacial score (nSPS) is 11.2. The highest BCUT2D eigenvalue weighted by Crippen LogP contribution is 2.25. The summed E-state index contributed by atoms with van der Waals surface area (Å²) in [5.74, 6) is -1.03. The zero-order valence-corrected chi connectivity index (χ0v) is 14.4. The van der Waals surface area contributed by atoms with Gasteiger partial charge in [-0.15, -0.1) is 0 Å². The number of hydrogen-bond donors (Lipinski definition) is 2. The number of nitrogens with one attached hydrogen (secondary N) is 1. The van der Waals surface area contributed by atoms with E-state index < -0.39 is 17.7 Å². The fourth-order valence-corrected chi connectivity index (χ4v) is 2.19. The average molecular weight is 331 g/mol. The van der Waals surface area contributed by atoms with Crippen LogP contribution in [-0.4, -0.2) is 32.6 Å². The highest BCUT2D eigenvalue weighted by molar-refractivity contribution is 5.88. The number of aromatic nitrogens is 2. The number of rotatable bonds is 3. The van der Waals surface area contributed by atoms with Crippen LogP contribution >= 0.6 is 0 Å². The summed E-state index contributed by atoms with van der Waals surface area (Å²) >= 11 is 0. The Morgan fingerprint density at radius 2 is 1.92 bits per heavy atom. The third-order valence-corrected chi connectivity index (χ3v) is 3.26. The second-order valence-corrected chi connectivity index (χ2v) is 6.50. The van der Waals surface area contributed by atoms with Gasteiger partial charge in [-0.1, -0.05) is 6.07 Å². The number of benzene rings is 1. The second kappa shape index (κ2) is 6.35. The molecule has 24 heavy (non-hydrogen) atoms. The topological polar surface area (TPSA) is 93.5 Å². The van der Waals surface area contributed by atoms with E-state index in [1.165, 1.54) is 10.7 Å². The van der Waals surface area contributed by atoms with E-state index in [1.54, 1.807) is 40.0 Å². The smallest absolute Gasteiger partial charge is 0.412 e. The summed E-state index contributed by atoms with van der Waals surface area (Å²) in [6.07, 6.45) is -0.524. The summed E-state index contributed by atoms with van der Waals surface area (Å²) in [5.41, 5.74) is 2.31. The molecule has 7 nitrogen and oxygen atoms in total. The minimum Gasteiger partial charge on any atom is -0.477 e. The SMILES string of the molecule is Cc1cc(-c2cc(C(=O)O)n(C)n2)ccc1NC(=O)OC(C)(C)C. The Morgan fingerprint density at radius 3 is 2.42 bits per heavy atom. The Morgan fingerprint density at radius 1 is 1.25 bits per heavy atom. The van der Waals surface area contributed by atoms with E-state index in [0.29, 0.717) is 11.4 Å². The van der Waals surface area contributed by atoms with Gasteiger partial charge in [-0.2, -0.15) is 5.10 Å². The van der Waals surface area contributed by atoms with E-state index in [4.69, 9.17) is 9.84 Å². The van der Waals surface area contributed by atoms with Gasteiger partial charge in [-0.3, -0.25) is 10.00 Å². The number of carboxylic acid groups (broad SMARTS) is 1. The maximum atomic E-state index is 11.8. The van der Waals surface area contributed by atoms with Crippen molar-refractivity contribution in [1.29, 1.82) is 0 Å². The number of aryl methyl sites for hydroxylation is 2. The van der Waals surface area contributed by atoms with Gasteiger partial charge in [0.15, 0.2) is 0 Å². The number of carbonyl (C=O) groups excluding carboxylic acids is 1. The second-order valence-electron chi connectivity index (χ2n) is 6.50. The van der Waals surface area contributed by atoms with Crippen LogP contribution < -0.4 is 5.32 Å². The van der Waals surface area contributed by atoms with Crippen LogP contribution in [0.15, 0.2) is 24.3 Å². The molecule has 2 rings (SSSR count). The van der Waals surface area contributed by atoms with Crippen molar-refractivity contribution in [2.24, 2.45) is 7.05 Å². The van der Waals surface area contributed by atoms with Gasteiger partial charge in [0.1, 0.15) is 11.3 Å². The van der Waals surface area contributed by atoms with E-state index in [9.17, 15) is 9.59 Å². The van der Waals surface area contributed by atoms with Gasteiger partial charge >= 0.3 is 12.1 Å². The fourth-order valence-electron chi connectivity index (χ4n) is 2.19. The molecular formula is C17H21N3O4. The van der Waals surface area contributed by atoms with Crippen LogP contribution in [0.5, 0.6) is 0 Å². The Hall–Kier alpha value is -2.83. The van der Waals surface area contributed by atoms with Crippen LogP contribution in [0.25, 0.3) is 11.3 Å². The first-order valence-electron chi connectivity index (χ1n) is 7.45. The Kier molecular flexibility index (Phi) is 4.64. The summed E-state index contributed by atoms with van der Waals surface area (Å²) < 4.78 is 6.55. The number of ether oxygens (including phenoxy) is 1. The van der Waals surface area contributed by atoms with Crippen LogP contribution in [0.4, 0.5) is 10.5 Å². The van der Waals surface area contributed by atoms with Crippen LogP contribution in [0, 0.1) is 6.92 Å². The largest absolute Gasteiger partial charge is 0.477 e. The van der Waals surface area contributed by atoms with Gasteiger partial charge in [0.2, 0.25) is 0 Å². The third kappa shape index (κ3) is 4.13. The highest BCUT2D eigenvalue weighted by Gasteiger charge is 2.17. The summed E-state index contributed by atoms with van der Waals surface area (Å²) in [6, 6.07) is 6.86. The molecule has 0 aliphatic heterocycles. The van der Waals surface area contributed by atoms with E-state index in [-0.39, 0.29) is 5.69 Å². The standard InChI is InChI=1S/C17H21N3O4/c1-10-8-11(13-9-14(15(21)22)20(5)19-13)6-7-12(10)18-16(23)24-17(2,3)4/h6-9H,1-5H3,(H,18,23)(H,21,22). The first kappa shape index (κ1) is 17.5. The molecular weight excluding hydrogens is 310 g/mol. The molecule has 0 atom stereocenters. The molecule has 1 heterocycles. The number of aromatic carboxylic acids is 1. The van der Waals surface area contributed by atoms with Gasteiger partial charge in [-0.05, 0) is 51.5 Å². The third-order valence-electron chi connectivity index (χ3n) is 3.26. The lowest BCUT2D eigenvalue weighted by atomic mass is 10.1. The molecule has 0 bridgehead atoms. The maximum absolute atomic E-state index is 11.8. The number of hydrogen-bond acceptors (Lipinski definition) is 4. The summed E-state index contributed by atoms with van der Waals surface area (Å²) in [5, 5.41) is 16.0. The van der Waals surface area contributed by atoms with Crippen LogP contribution in [0.2, 0.25) is 0 Å². The molecule has 128 valence electrons. The van der Waals surface area contributed by atoms with Crippen LogP contribution in [0.1, 0.15) is 36.8 Å². The molecule has 0 spiro atoms. The molecule has 0 aliphatic carbocycles. The van der Waals surface area contributed by atoms with Gasteiger partial charge in [-0.25, -0.2) is 9.59 Å². The Bertz CT molecular complexity index is 788.